The van der Waals surface area contributed by atoms with Crippen molar-refractivity contribution in [1.29, 1.82) is 0 Å². The quantitative estimate of drug-likeness (QED) is 0.0796. The van der Waals surface area contributed by atoms with Crippen LogP contribution in [0.15, 0.2) is 130 Å². The molecule has 12 heteroatoms. The molecule has 0 aliphatic heterocycles. The van der Waals surface area contributed by atoms with Crippen molar-refractivity contribution >= 4 is 58.0 Å². The molecule has 53 heavy (non-hydrogen) atoms. The fourth-order valence-electron chi connectivity index (χ4n) is 5.27. The molecule has 3 amide bonds. The molecular weight excluding hydrogens is 693 g/mol. The van der Waals surface area contributed by atoms with Crippen molar-refractivity contribution in [2.24, 2.45) is 0 Å². The van der Waals surface area contributed by atoms with E-state index in [1.807, 2.05) is 67.6 Å². The Labute approximate surface area is 310 Å². The molecule has 0 radical (unpaired) electrons. The van der Waals surface area contributed by atoms with Gasteiger partial charge in [-0.15, -0.1) is 11.8 Å². The smallest absolute Gasteiger partial charge is 0.272 e. The van der Waals surface area contributed by atoms with Gasteiger partial charge in [0, 0.05) is 39.0 Å². The highest BCUT2D eigenvalue weighted by molar-refractivity contribution is 8.00. The number of oxazole rings is 1. The predicted octanol–water partition coefficient (Wildman–Crippen LogP) is 8.05. The summed E-state index contributed by atoms with van der Waals surface area (Å²) in [6, 6.07) is 33.8. The topological polar surface area (TPSA) is 141 Å². The average Bonchev–Trinajstić information content (AvgIpc) is 3.63. The number of anilines is 2. The number of carbonyl (C=O) groups is 3. The van der Waals surface area contributed by atoms with Gasteiger partial charge in [-0.05, 0) is 91.9 Å². The minimum Gasteiger partial charge on any atom is -0.496 e. The van der Waals surface area contributed by atoms with Crippen LogP contribution in [0.5, 0.6) is 17.2 Å². The summed E-state index contributed by atoms with van der Waals surface area (Å²) < 4.78 is 22.2. The number of rotatable bonds is 13. The molecule has 1 aromatic heterocycles. The van der Waals surface area contributed by atoms with E-state index in [2.05, 4.69) is 20.9 Å². The monoisotopic (exact) mass is 728 g/mol. The van der Waals surface area contributed by atoms with Gasteiger partial charge in [0.25, 0.3) is 11.8 Å². The molecule has 268 valence electrons. The first-order valence-corrected chi connectivity index (χ1v) is 17.4. The van der Waals surface area contributed by atoms with E-state index in [4.69, 9.17) is 18.6 Å². The van der Waals surface area contributed by atoms with Gasteiger partial charge < -0.3 is 34.6 Å². The average molecular weight is 729 g/mol. The summed E-state index contributed by atoms with van der Waals surface area (Å²) in [6.07, 6.45) is 1.50. The molecule has 0 spiro atoms. The summed E-state index contributed by atoms with van der Waals surface area (Å²) in [5.74, 6) is 0.562. The highest BCUT2D eigenvalue weighted by Gasteiger charge is 2.19. The third-order valence-electron chi connectivity index (χ3n) is 8.05. The van der Waals surface area contributed by atoms with E-state index in [9.17, 15) is 14.4 Å². The number of benzene rings is 5. The molecule has 1 unspecified atom stereocenters. The first-order chi connectivity index (χ1) is 25.7. The Balaban J connectivity index is 1.12. The van der Waals surface area contributed by atoms with Crippen LogP contribution in [0.3, 0.4) is 0 Å². The van der Waals surface area contributed by atoms with Crippen molar-refractivity contribution in [2.45, 2.75) is 17.1 Å². The molecule has 5 aromatic carbocycles. The number of methoxy groups -OCH3 is 3. The van der Waals surface area contributed by atoms with E-state index in [1.165, 1.54) is 39.2 Å². The number of hydrogen-bond acceptors (Lipinski definition) is 9. The van der Waals surface area contributed by atoms with Crippen molar-refractivity contribution in [3.8, 4) is 28.7 Å². The Morgan fingerprint density at radius 3 is 2.04 bits per heavy atom. The van der Waals surface area contributed by atoms with E-state index in [0.29, 0.717) is 51.2 Å². The number of amides is 3. The van der Waals surface area contributed by atoms with Crippen LogP contribution in [0.25, 0.3) is 28.6 Å². The molecule has 3 N–H and O–H groups in total. The number of carbonyl (C=O) groups excluding carboxylic acids is 3. The summed E-state index contributed by atoms with van der Waals surface area (Å²) in [6.45, 7) is 1.82. The Hall–Kier alpha value is -6.53. The lowest BCUT2D eigenvalue weighted by Gasteiger charge is -2.15. The summed E-state index contributed by atoms with van der Waals surface area (Å²) in [4.78, 5) is 45.2. The highest BCUT2D eigenvalue weighted by Crippen LogP contribution is 2.36. The molecule has 0 saturated heterocycles. The van der Waals surface area contributed by atoms with E-state index in [1.54, 1.807) is 54.6 Å². The maximum Gasteiger partial charge on any atom is 0.272 e. The van der Waals surface area contributed by atoms with Gasteiger partial charge in [0.15, 0.2) is 17.1 Å². The normalized spacial score (nSPS) is 11.7. The largest absolute Gasteiger partial charge is 0.496 e. The van der Waals surface area contributed by atoms with Gasteiger partial charge in [0.1, 0.15) is 17.0 Å². The summed E-state index contributed by atoms with van der Waals surface area (Å²) >= 11 is 1.37. The number of aromatic nitrogens is 1. The van der Waals surface area contributed by atoms with Crippen LogP contribution in [-0.2, 0) is 9.59 Å². The molecule has 0 saturated carbocycles. The van der Waals surface area contributed by atoms with Gasteiger partial charge in [-0.2, -0.15) is 0 Å². The van der Waals surface area contributed by atoms with Crippen LogP contribution in [0, 0.1) is 0 Å². The molecule has 6 rings (SSSR count). The van der Waals surface area contributed by atoms with Crippen molar-refractivity contribution < 1.29 is 33.0 Å². The van der Waals surface area contributed by atoms with Crippen LogP contribution in [0.4, 0.5) is 11.4 Å². The second kappa shape index (κ2) is 16.7. The minimum atomic E-state index is -0.568. The van der Waals surface area contributed by atoms with Gasteiger partial charge in [0.2, 0.25) is 11.8 Å². The summed E-state index contributed by atoms with van der Waals surface area (Å²) in [7, 11) is 4.50. The third kappa shape index (κ3) is 8.86. The zero-order valence-electron chi connectivity index (χ0n) is 29.3. The fraction of sp³-hybridized carbons (Fsp3) is 0.122. The first kappa shape index (κ1) is 36.3. The molecular formula is C41H36N4O7S. The van der Waals surface area contributed by atoms with E-state index < -0.39 is 17.1 Å². The lowest BCUT2D eigenvalue weighted by molar-refractivity contribution is -0.115. The van der Waals surface area contributed by atoms with Crippen molar-refractivity contribution in [3.63, 3.8) is 0 Å². The first-order valence-electron chi connectivity index (χ1n) is 16.5. The predicted molar refractivity (Wildman–Crippen MR) is 206 cm³/mol. The summed E-state index contributed by atoms with van der Waals surface area (Å²) in [5.41, 5.74) is 4.24. The van der Waals surface area contributed by atoms with Crippen LogP contribution in [-0.4, -0.2) is 49.3 Å². The molecule has 1 atom stereocenters. The third-order valence-corrected chi connectivity index (χ3v) is 9.16. The maximum absolute atomic E-state index is 13.7. The van der Waals surface area contributed by atoms with Crippen LogP contribution in [0.1, 0.15) is 22.8 Å². The number of para-hydroxylation sites is 2. The van der Waals surface area contributed by atoms with Crippen LogP contribution in [0.2, 0.25) is 0 Å². The Morgan fingerprint density at radius 2 is 1.36 bits per heavy atom. The lowest BCUT2D eigenvalue weighted by atomic mass is 10.1. The van der Waals surface area contributed by atoms with E-state index in [-0.39, 0.29) is 11.6 Å². The SMILES string of the molecule is COc1cc(OC)c(OC)cc1/C=C(\NC(=O)c1ccccc1)C(=O)Nc1ccc(SC(C)C(=O)Nc2ccc(-c3nc4ccccc4o3)cc2)cc1. The number of thioether (sulfide) groups is 1. The second-order valence-electron chi connectivity index (χ2n) is 11.6. The number of nitrogens with one attached hydrogen (secondary N) is 3. The van der Waals surface area contributed by atoms with Crippen molar-refractivity contribution in [1.82, 2.24) is 10.3 Å². The minimum absolute atomic E-state index is 0.0324. The van der Waals surface area contributed by atoms with Gasteiger partial charge >= 0.3 is 0 Å². The number of fused-ring (bicyclic) bond motifs is 1. The maximum atomic E-state index is 13.7. The number of ether oxygens (including phenoxy) is 3. The Bertz CT molecular complexity index is 2240. The lowest BCUT2D eigenvalue weighted by Crippen LogP contribution is -2.30. The second-order valence-corrected chi connectivity index (χ2v) is 13.0. The van der Waals surface area contributed by atoms with Gasteiger partial charge in [-0.1, -0.05) is 30.3 Å². The van der Waals surface area contributed by atoms with Crippen LogP contribution < -0.4 is 30.2 Å². The fourth-order valence-corrected chi connectivity index (χ4v) is 6.14. The van der Waals surface area contributed by atoms with E-state index >= 15 is 0 Å². The van der Waals surface area contributed by atoms with Gasteiger partial charge in [-0.25, -0.2) is 4.98 Å². The van der Waals surface area contributed by atoms with Gasteiger partial charge in [0.05, 0.1) is 26.6 Å². The standard InChI is InChI=1S/C41H36N4O7S/c1-25(38(46)42-29-16-14-27(15-17-29)41-45-32-12-8-9-13-34(32)52-41)53-31-20-18-30(19-21-31)43-40(48)33(44-39(47)26-10-6-5-7-11-26)22-28-23-36(50-3)37(51-4)24-35(28)49-2/h5-25H,1-4H3,(H,42,46)(H,43,48)(H,44,47)/b33-22-. The molecule has 0 aliphatic carbocycles. The Morgan fingerprint density at radius 1 is 0.736 bits per heavy atom. The van der Waals surface area contributed by atoms with Crippen molar-refractivity contribution in [2.75, 3.05) is 32.0 Å². The highest BCUT2D eigenvalue weighted by atomic mass is 32.2. The number of hydrogen-bond donors (Lipinski definition) is 3. The van der Waals surface area contributed by atoms with Gasteiger partial charge in [-0.3, -0.25) is 14.4 Å². The molecule has 11 nitrogen and oxygen atoms in total. The van der Waals surface area contributed by atoms with Crippen LogP contribution >= 0.6 is 11.8 Å². The van der Waals surface area contributed by atoms with E-state index in [0.717, 1.165) is 16.0 Å². The summed E-state index contributed by atoms with van der Waals surface area (Å²) in [5, 5.41) is 8.11. The molecule has 0 aliphatic rings. The number of nitrogens with zero attached hydrogens (tertiary/aromatic N) is 1. The molecule has 0 bridgehead atoms. The molecule has 0 fully saturated rings. The zero-order valence-corrected chi connectivity index (χ0v) is 30.2. The Kier molecular flexibility index (Phi) is 11.4. The zero-order chi connectivity index (χ0) is 37.3. The molecule has 1 heterocycles. The molecule has 6 aromatic rings. The van der Waals surface area contributed by atoms with Crippen molar-refractivity contribution in [3.05, 3.63) is 132 Å².